The maximum absolute atomic E-state index is 5.55. The minimum Gasteiger partial charge on any atom is -0.311 e. The van der Waals surface area contributed by atoms with Crippen molar-refractivity contribution >= 4 is 133 Å². The molecule has 2 aliphatic heterocycles. The Kier molecular flexibility index (Phi) is 7.39. The van der Waals surface area contributed by atoms with Gasteiger partial charge in [0.2, 0.25) is 0 Å². The molecule has 316 valence electrons. The molecule has 0 saturated heterocycles. The van der Waals surface area contributed by atoms with Crippen molar-refractivity contribution in [2.75, 3.05) is 9.80 Å². The second kappa shape index (κ2) is 13.8. The molecular weight excluding hydrogens is 836 g/mol. The van der Waals surface area contributed by atoms with Crippen LogP contribution in [0.3, 0.4) is 0 Å². The van der Waals surface area contributed by atoms with Gasteiger partial charge in [-0.2, -0.15) is 0 Å². The summed E-state index contributed by atoms with van der Waals surface area (Å²) in [4.78, 5) is 15.9. The number of fused-ring (bicyclic) bond motifs is 7. The Balaban J connectivity index is 1.11. The summed E-state index contributed by atoms with van der Waals surface area (Å²) in [5.74, 6) is 0.705. The van der Waals surface area contributed by atoms with Crippen LogP contribution in [0.2, 0.25) is 0 Å². The monoisotopic (exact) mass is 872 g/mol. The molecule has 0 saturated carbocycles. The van der Waals surface area contributed by atoms with Crippen molar-refractivity contribution in [2.24, 2.45) is 0 Å². The van der Waals surface area contributed by atoms with E-state index in [1.807, 2.05) is 6.07 Å². The van der Waals surface area contributed by atoms with E-state index in [-0.39, 0.29) is 6.71 Å². The van der Waals surface area contributed by atoms with Crippen LogP contribution in [0.15, 0.2) is 224 Å². The minimum atomic E-state index is -0.111. The molecule has 3 heterocycles. The third-order valence-electron chi connectivity index (χ3n) is 15.2. The molecule has 69 heavy (non-hydrogen) atoms. The number of anilines is 6. The lowest BCUT2D eigenvalue weighted by molar-refractivity contribution is 1.22. The van der Waals surface area contributed by atoms with E-state index in [1.165, 1.54) is 92.4 Å². The van der Waals surface area contributed by atoms with Crippen molar-refractivity contribution in [1.29, 1.82) is 0 Å². The average Bonchev–Trinajstić information content (AvgIpc) is 3.41. The molecule has 14 aromatic rings. The van der Waals surface area contributed by atoms with Gasteiger partial charge >= 0.3 is 0 Å². The van der Waals surface area contributed by atoms with Crippen LogP contribution in [0, 0.1) is 0 Å². The maximum Gasteiger partial charge on any atom is 0.252 e. The van der Waals surface area contributed by atoms with Crippen molar-refractivity contribution in [3.8, 4) is 22.6 Å². The summed E-state index contributed by atoms with van der Waals surface area (Å²) in [5.41, 5.74) is 14.6. The molecule has 0 unspecified atom stereocenters. The first-order chi connectivity index (χ1) is 34.2. The summed E-state index contributed by atoms with van der Waals surface area (Å²) in [6.45, 7) is -0.111. The second-order valence-corrected chi connectivity index (χ2v) is 18.8. The van der Waals surface area contributed by atoms with E-state index >= 15 is 0 Å². The predicted octanol–water partition coefficient (Wildman–Crippen LogP) is 14.8. The molecular formula is C64H37BN4. The molecule has 0 fully saturated rings. The molecule has 0 spiro atoms. The summed E-state index contributed by atoms with van der Waals surface area (Å²) in [6, 6.07) is 83.0. The Morgan fingerprint density at radius 1 is 0.333 bits per heavy atom. The smallest absolute Gasteiger partial charge is 0.252 e. The van der Waals surface area contributed by atoms with Gasteiger partial charge in [-0.25, -0.2) is 9.97 Å². The Hall–Kier alpha value is -9.06. The summed E-state index contributed by atoms with van der Waals surface area (Å²) >= 11 is 0. The molecule has 0 aliphatic carbocycles. The van der Waals surface area contributed by atoms with Gasteiger partial charge in [0.1, 0.15) is 0 Å². The molecule has 16 rings (SSSR count). The summed E-state index contributed by atoms with van der Waals surface area (Å²) in [7, 11) is 0. The van der Waals surface area contributed by atoms with Gasteiger partial charge in [-0.15, -0.1) is 0 Å². The van der Waals surface area contributed by atoms with Gasteiger partial charge in [-0.1, -0.05) is 182 Å². The first kappa shape index (κ1) is 37.1. The first-order valence-corrected chi connectivity index (χ1v) is 23.9. The van der Waals surface area contributed by atoms with E-state index < -0.39 is 0 Å². The fraction of sp³-hybridized carbons (Fsp3) is 0. The van der Waals surface area contributed by atoms with E-state index in [9.17, 15) is 0 Å². The lowest BCUT2D eigenvalue weighted by Crippen LogP contribution is -2.61. The van der Waals surface area contributed by atoms with Crippen molar-refractivity contribution < 1.29 is 0 Å². The number of rotatable bonds is 4. The van der Waals surface area contributed by atoms with Crippen molar-refractivity contribution in [3.05, 3.63) is 224 Å². The lowest BCUT2D eigenvalue weighted by Gasteiger charge is -2.45. The maximum atomic E-state index is 5.55. The van der Waals surface area contributed by atoms with Crippen molar-refractivity contribution in [2.45, 2.75) is 0 Å². The van der Waals surface area contributed by atoms with Gasteiger partial charge in [0, 0.05) is 61.4 Å². The van der Waals surface area contributed by atoms with Gasteiger partial charge in [0.05, 0.1) is 11.2 Å². The molecule has 13 aromatic carbocycles. The SMILES string of the molecule is c1ccc(-c2nc(-c3cc4c5c(c3)N(c3ccccc3)c3c(cc6ccc7cccc8ccc3c6c78)B5c3cc5ccc6cccc7ccc(c3N4c3ccccc3)c5c67)c3ccccc3n2)cc1. The molecule has 0 amide bonds. The van der Waals surface area contributed by atoms with Crippen LogP contribution >= 0.6 is 0 Å². The molecule has 0 atom stereocenters. The standard InChI is InChI=1S/C64H37BN4/c1-4-14-42(15-5-1)64-66-53-25-11-10-24-48(53)61(67-64)45-36-54-60-55(37-45)69(47-22-8-3-9-23-47)63-50-33-31-41-19-13-17-39-27-29-44(59(50)57(39)41)35-52(63)65(60)51-34-43-28-26-38-16-12-18-40-30-32-49(58(43)56(38)40)62(51)68(54)46-20-6-2-7-21-46/h1-37H. The Morgan fingerprint density at radius 3 is 1.33 bits per heavy atom. The number of hydrogen-bond donors (Lipinski definition) is 0. The summed E-state index contributed by atoms with van der Waals surface area (Å²) < 4.78 is 0. The Morgan fingerprint density at radius 2 is 0.797 bits per heavy atom. The van der Waals surface area contributed by atoms with Gasteiger partial charge in [-0.3, -0.25) is 0 Å². The van der Waals surface area contributed by atoms with Crippen LogP contribution < -0.4 is 26.2 Å². The number of para-hydroxylation sites is 3. The lowest BCUT2D eigenvalue weighted by atomic mass is 9.33. The average molecular weight is 873 g/mol. The van der Waals surface area contributed by atoms with Gasteiger partial charge < -0.3 is 9.80 Å². The molecule has 2 aliphatic rings. The molecule has 1 aromatic heterocycles. The van der Waals surface area contributed by atoms with Crippen molar-refractivity contribution in [1.82, 2.24) is 9.97 Å². The molecule has 0 N–H and O–H groups in total. The van der Waals surface area contributed by atoms with Crippen molar-refractivity contribution in [3.63, 3.8) is 0 Å². The fourth-order valence-electron chi connectivity index (χ4n) is 12.4. The molecule has 0 radical (unpaired) electrons. The van der Waals surface area contributed by atoms with Crippen LogP contribution in [0.1, 0.15) is 0 Å². The summed E-state index contributed by atoms with van der Waals surface area (Å²) in [5, 5.41) is 16.3. The fourth-order valence-corrected chi connectivity index (χ4v) is 12.4. The first-order valence-electron chi connectivity index (χ1n) is 23.9. The van der Waals surface area contributed by atoms with E-state index in [0.29, 0.717) is 5.82 Å². The number of benzene rings is 13. The highest BCUT2D eigenvalue weighted by Gasteiger charge is 2.45. The highest BCUT2D eigenvalue weighted by Crippen LogP contribution is 2.52. The Bertz CT molecular complexity index is 4190. The second-order valence-electron chi connectivity index (χ2n) is 18.8. The zero-order valence-corrected chi connectivity index (χ0v) is 37.2. The molecule has 5 heteroatoms. The minimum absolute atomic E-state index is 0.111. The van der Waals surface area contributed by atoms with Gasteiger partial charge in [0.15, 0.2) is 5.82 Å². The van der Waals surface area contributed by atoms with Crippen LogP contribution in [0.4, 0.5) is 34.1 Å². The highest BCUT2D eigenvalue weighted by molar-refractivity contribution is 7.01. The quantitative estimate of drug-likeness (QED) is 0.130. The van der Waals surface area contributed by atoms with E-state index in [4.69, 9.17) is 9.97 Å². The van der Waals surface area contributed by atoms with Crippen LogP contribution in [-0.2, 0) is 0 Å². The van der Waals surface area contributed by atoms with Crippen LogP contribution in [0.5, 0.6) is 0 Å². The zero-order valence-electron chi connectivity index (χ0n) is 37.2. The van der Waals surface area contributed by atoms with Gasteiger partial charge in [-0.05, 0) is 113 Å². The number of nitrogens with zero attached hydrogens (tertiary/aromatic N) is 4. The van der Waals surface area contributed by atoms with E-state index in [2.05, 4.69) is 228 Å². The Labute approximate surface area is 397 Å². The van der Waals surface area contributed by atoms with E-state index in [0.717, 1.165) is 50.5 Å². The van der Waals surface area contributed by atoms with Gasteiger partial charge in [0.25, 0.3) is 6.71 Å². The number of aromatic nitrogens is 2. The van der Waals surface area contributed by atoms with E-state index in [1.54, 1.807) is 0 Å². The molecule has 4 nitrogen and oxygen atoms in total. The zero-order chi connectivity index (χ0) is 44.9. The number of hydrogen-bond acceptors (Lipinski definition) is 4. The largest absolute Gasteiger partial charge is 0.311 e. The predicted molar refractivity (Wildman–Crippen MR) is 292 cm³/mol. The molecule has 0 bridgehead atoms. The normalized spacial score (nSPS) is 13.1. The third kappa shape index (κ3) is 5.08. The topological polar surface area (TPSA) is 32.3 Å². The summed E-state index contributed by atoms with van der Waals surface area (Å²) in [6.07, 6.45) is 0. The highest BCUT2D eigenvalue weighted by atomic mass is 15.2. The van der Waals surface area contributed by atoms with Crippen LogP contribution in [0.25, 0.3) is 98.2 Å². The van der Waals surface area contributed by atoms with Crippen LogP contribution in [-0.4, -0.2) is 16.7 Å². The third-order valence-corrected chi connectivity index (χ3v) is 15.2.